The van der Waals surface area contributed by atoms with Gasteiger partial charge in [0.15, 0.2) is 0 Å². The summed E-state index contributed by atoms with van der Waals surface area (Å²) in [7, 11) is 0. The van der Waals surface area contributed by atoms with E-state index >= 15 is 0 Å². The molecule has 0 aliphatic heterocycles. The number of carbonyl (C=O) groups is 1. The van der Waals surface area contributed by atoms with E-state index in [9.17, 15) is 14.4 Å². The van der Waals surface area contributed by atoms with Gasteiger partial charge in [-0.2, -0.15) is 0 Å². The number of carboxylic acids is 1. The first-order chi connectivity index (χ1) is 12.4. The first-order valence-electron chi connectivity index (χ1n) is 8.58. The number of hydrogen-bond acceptors (Lipinski definition) is 5. The van der Waals surface area contributed by atoms with Crippen LogP contribution in [0.1, 0.15) is 42.6 Å². The highest BCUT2D eigenvalue weighted by Gasteiger charge is 2.18. The van der Waals surface area contributed by atoms with Crippen LogP contribution in [0.3, 0.4) is 0 Å². The Morgan fingerprint density at radius 1 is 1.31 bits per heavy atom. The molecule has 0 saturated carbocycles. The van der Waals surface area contributed by atoms with Gasteiger partial charge in [-0.3, -0.25) is 14.3 Å². The fraction of sp³-hybridized carbons (Fsp3) is 0.389. The summed E-state index contributed by atoms with van der Waals surface area (Å²) >= 11 is 0. The van der Waals surface area contributed by atoms with E-state index in [1.807, 2.05) is 13.8 Å². The summed E-state index contributed by atoms with van der Waals surface area (Å²) in [5, 5.41) is 9.13. The molecule has 0 atom stereocenters. The van der Waals surface area contributed by atoms with Gasteiger partial charge < -0.3 is 15.7 Å². The minimum absolute atomic E-state index is 0.128. The number of aromatic carboxylic acids is 1. The molecule has 0 aliphatic rings. The highest BCUT2D eigenvalue weighted by molar-refractivity contribution is 5.87. The van der Waals surface area contributed by atoms with Crippen LogP contribution in [0.2, 0.25) is 0 Å². The standard InChI is InChI=1S/C18H24N4O4/c1-3-5-9-22-15(19)14(16(23)20-18(22)26)21(4-2)11-12-7-6-8-13(10-12)17(24)25/h6-8,10H,3-5,9,11,19H2,1-2H3,(H,24,25)(H,20,23,26). The third kappa shape index (κ3) is 4.14. The Labute approximate surface area is 150 Å². The molecule has 140 valence electrons. The van der Waals surface area contributed by atoms with Crippen molar-refractivity contribution in [1.82, 2.24) is 9.55 Å². The van der Waals surface area contributed by atoms with Crippen LogP contribution in [0.25, 0.3) is 0 Å². The van der Waals surface area contributed by atoms with Crippen molar-refractivity contribution < 1.29 is 9.90 Å². The molecule has 1 aromatic carbocycles. The lowest BCUT2D eigenvalue weighted by Gasteiger charge is -2.25. The van der Waals surface area contributed by atoms with Gasteiger partial charge in [-0.25, -0.2) is 9.59 Å². The van der Waals surface area contributed by atoms with Crippen molar-refractivity contribution in [3.05, 3.63) is 56.2 Å². The maximum atomic E-state index is 12.4. The maximum absolute atomic E-state index is 12.4. The zero-order chi connectivity index (χ0) is 19.3. The summed E-state index contributed by atoms with van der Waals surface area (Å²) in [5.74, 6) is -0.885. The summed E-state index contributed by atoms with van der Waals surface area (Å²) in [6, 6.07) is 6.51. The number of rotatable bonds is 8. The fourth-order valence-corrected chi connectivity index (χ4v) is 2.79. The average molecular weight is 360 g/mol. The molecule has 0 amide bonds. The van der Waals surface area contributed by atoms with Crippen LogP contribution in [0.15, 0.2) is 33.9 Å². The number of benzene rings is 1. The Morgan fingerprint density at radius 2 is 2.04 bits per heavy atom. The second kappa shape index (κ2) is 8.37. The molecule has 0 saturated heterocycles. The van der Waals surface area contributed by atoms with Crippen LogP contribution in [-0.2, 0) is 13.1 Å². The summed E-state index contributed by atoms with van der Waals surface area (Å²) in [4.78, 5) is 39.6. The third-order valence-corrected chi connectivity index (χ3v) is 4.19. The zero-order valence-corrected chi connectivity index (χ0v) is 15.0. The average Bonchev–Trinajstić information content (AvgIpc) is 2.60. The van der Waals surface area contributed by atoms with Crippen LogP contribution >= 0.6 is 0 Å². The number of nitrogens with one attached hydrogen (secondary N) is 1. The summed E-state index contributed by atoms with van der Waals surface area (Å²) < 4.78 is 1.37. The minimum Gasteiger partial charge on any atom is -0.478 e. The van der Waals surface area contributed by atoms with Crippen molar-refractivity contribution in [2.24, 2.45) is 0 Å². The smallest absolute Gasteiger partial charge is 0.335 e. The number of aromatic nitrogens is 2. The molecule has 2 aromatic rings. The molecule has 26 heavy (non-hydrogen) atoms. The Kier molecular flexibility index (Phi) is 6.21. The lowest BCUT2D eigenvalue weighted by Crippen LogP contribution is -2.38. The van der Waals surface area contributed by atoms with Crippen molar-refractivity contribution in [2.45, 2.75) is 39.8 Å². The second-order valence-corrected chi connectivity index (χ2v) is 6.02. The molecule has 0 bridgehead atoms. The summed E-state index contributed by atoms with van der Waals surface area (Å²) in [6.45, 7) is 5.06. The van der Waals surface area contributed by atoms with Crippen molar-refractivity contribution in [1.29, 1.82) is 0 Å². The number of nitrogen functional groups attached to an aromatic ring is 1. The molecule has 4 N–H and O–H groups in total. The van der Waals surface area contributed by atoms with Crippen molar-refractivity contribution in [2.75, 3.05) is 17.2 Å². The van der Waals surface area contributed by atoms with E-state index in [1.165, 1.54) is 10.6 Å². The Hall–Kier alpha value is -3.03. The van der Waals surface area contributed by atoms with Gasteiger partial charge >= 0.3 is 11.7 Å². The largest absolute Gasteiger partial charge is 0.478 e. The number of anilines is 2. The summed E-state index contributed by atoms with van der Waals surface area (Å²) in [5.41, 5.74) is 6.21. The van der Waals surface area contributed by atoms with Gasteiger partial charge in [0.1, 0.15) is 11.5 Å². The van der Waals surface area contributed by atoms with Gasteiger partial charge in [0.2, 0.25) is 0 Å². The normalized spacial score (nSPS) is 10.7. The number of aromatic amines is 1. The van der Waals surface area contributed by atoms with E-state index < -0.39 is 17.2 Å². The quantitative estimate of drug-likeness (QED) is 0.658. The molecule has 0 radical (unpaired) electrons. The second-order valence-electron chi connectivity index (χ2n) is 6.02. The van der Waals surface area contributed by atoms with Crippen LogP contribution in [0, 0.1) is 0 Å². The Balaban J connectivity index is 2.44. The maximum Gasteiger partial charge on any atom is 0.335 e. The number of nitrogens with zero attached hydrogens (tertiary/aromatic N) is 2. The molecule has 0 aliphatic carbocycles. The highest BCUT2D eigenvalue weighted by Crippen LogP contribution is 2.20. The van der Waals surface area contributed by atoms with Gasteiger partial charge in [0, 0.05) is 19.6 Å². The van der Waals surface area contributed by atoms with Crippen molar-refractivity contribution >= 4 is 17.5 Å². The van der Waals surface area contributed by atoms with Crippen LogP contribution < -0.4 is 21.9 Å². The molecule has 1 aromatic heterocycles. The lowest BCUT2D eigenvalue weighted by molar-refractivity contribution is 0.0696. The van der Waals surface area contributed by atoms with Gasteiger partial charge in [0.25, 0.3) is 5.56 Å². The molecule has 8 heteroatoms. The Morgan fingerprint density at radius 3 is 2.65 bits per heavy atom. The van der Waals surface area contributed by atoms with Crippen LogP contribution in [-0.4, -0.2) is 27.2 Å². The molecular formula is C18H24N4O4. The number of nitrogens with two attached hydrogens (primary N) is 1. The van der Waals surface area contributed by atoms with E-state index in [-0.39, 0.29) is 17.1 Å². The number of H-pyrrole nitrogens is 1. The van der Waals surface area contributed by atoms with Gasteiger partial charge in [-0.15, -0.1) is 0 Å². The first-order valence-corrected chi connectivity index (χ1v) is 8.58. The molecule has 0 spiro atoms. The third-order valence-electron chi connectivity index (χ3n) is 4.19. The molecule has 8 nitrogen and oxygen atoms in total. The van der Waals surface area contributed by atoms with E-state index in [1.54, 1.807) is 23.1 Å². The van der Waals surface area contributed by atoms with Gasteiger partial charge in [0.05, 0.1) is 5.56 Å². The van der Waals surface area contributed by atoms with Gasteiger partial charge in [-0.1, -0.05) is 25.5 Å². The molecule has 0 fully saturated rings. The number of carboxylic acid groups (broad SMARTS) is 1. The van der Waals surface area contributed by atoms with E-state index in [2.05, 4.69) is 4.98 Å². The highest BCUT2D eigenvalue weighted by atomic mass is 16.4. The first kappa shape index (κ1) is 19.3. The SMILES string of the molecule is CCCCn1c(N)c(N(CC)Cc2cccc(C(=O)O)c2)c(=O)[nH]c1=O. The zero-order valence-electron chi connectivity index (χ0n) is 15.0. The summed E-state index contributed by atoms with van der Waals surface area (Å²) in [6.07, 6.45) is 1.65. The lowest BCUT2D eigenvalue weighted by atomic mass is 10.1. The van der Waals surface area contributed by atoms with Crippen LogP contribution in [0.4, 0.5) is 11.5 Å². The van der Waals surface area contributed by atoms with E-state index in [0.29, 0.717) is 19.6 Å². The monoisotopic (exact) mass is 360 g/mol. The van der Waals surface area contributed by atoms with Gasteiger partial charge in [-0.05, 0) is 31.0 Å². The van der Waals surface area contributed by atoms with Crippen LogP contribution in [0.5, 0.6) is 0 Å². The predicted molar refractivity (Wildman–Crippen MR) is 101 cm³/mol. The van der Waals surface area contributed by atoms with Crippen molar-refractivity contribution in [3.63, 3.8) is 0 Å². The predicted octanol–water partition coefficient (Wildman–Crippen LogP) is 1.64. The number of hydrogen-bond donors (Lipinski definition) is 3. The molecule has 0 unspecified atom stereocenters. The fourth-order valence-electron chi connectivity index (χ4n) is 2.79. The molecule has 1 heterocycles. The van der Waals surface area contributed by atoms with E-state index in [4.69, 9.17) is 10.8 Å². The minimum atomic E-state index is -1.01. The molecule has 2 rings (SSSR count). The Bertz CT molecular complexity index is 901. The van der Waals surface area contributed by atoms with Crippen molar-refractivity contribution in [3.8, 4) is 0 Å². The number of unbranched alkanes of at least 4 members (excludes halogenated alkanes) is 1. The topological polar surface area (TPSA) is 121 Å². The van der Waals surface area contributed by atoms with E-state index in [0.717, 1.165) is 18.4 Å². The molecular weight excluding hydrogens is 336 g/mol.